The van der Waals surface area contributed by atoms with Crippen molar-refractivity contribution in [2.24, 2.45) is 5.92 Å². The average molecular weight is 192 g/mol. The number of ether oxygens (including phenoxy) is 1. The summed E-state index contributed by atoms with van der Waals surface area (Å²) in [6.07, 6.45) is 0.323. The van der Waals surface area contributed by atoms with Gasteiger partial charge in [-0.15, -0.1) is 0 Å². The number of ketones is 1. The SMILES string of the molecule is COC(=O)C1CN(Cl)CCC1=O. The molecule has 0 bridgehead atoms. The van der Waals surface area contributed by atoms with Crippen LogP contribution in [0.4, 0.5) is 0 Å². The number of piperidine rings is 1. The van der Waals surface area contributed by atoms with E-state index >= 15 is 0 Å². The van der Waals surface area contributed by atoms with Gasteiger partial charge in [-0.2, -0.15) is 0 Å². The summed E-state index contributed by atoms with van der Waals surface area (Å²) < 4.78 is 5.90. The molecule has 0 N–H and O–H groups in total. The standard InChI is InChI=1S/C7H10ClNO3/c1-12-7(11)5-4-9(8)3-2-6(5)10/h5H,2-4H2,1H3. The number of hydrogen-bond donors (Lipinski definition) is 0. The van der Waals surface area contributed by atoms with Crippen LogP contribution in [-0.2, 0) is 14.3 Å². The lowest BCUT2D eigenvalue weighted by Gasteiger charge is -2.24. The van der Waals surface area contributed by atoms with E-state index in [1.165, 1.54) is 11.5 Å². The van der Waals surface area contributed by atoms with Crippen LogP contribution in [0.25, 0.3) is 0 Å². The Morgan fingerprint density at radius 1 is 1.75 bits per heavy atom. The van der Waals surface area contributed by atoms with Gasteiger partial charge in [0.25, 0.3) is 0 Å². The van der Waals surface area contributed by atoms with Gasteiger partial charge in [0.1, 0.15) is 11.7 Å². The normalized spacial score (nSPS) is 25.5. The summed E-state index contributed by atoms with van der Waals surface area (Å²) in [7, 11) is 1.27. The zero-order valence-electron chi connectivity index (χ0n) is 6.75. The molecule has 0 saturated carbocycles. The molecule has 1 aliphatic rings. The van der Waals surface area contributed by atoms with E-state index in [0.29, 0.717) is 13.0 Å². The highest BCUT2D eigenvalue weighted by Crippen LogP contribution is 2.15. The molecule has 68 valence electrons. The molecule has 1 rings (SSSR count). The number of carbonyl (C=O) groups is 2. The third-order valence-corrected chi connectivity index (χ3v) is 2.16. The highest BCUT2D eigenvalue weighted by Gasteiger charge is 2.32. The lowest BCUT2D eigenvalue weighted by molar-refractivity contribution is -0.150. The Balaban J connectivity index is 2.60. The number of halogens is 1. The second kappa shape index (κ2) is 3.87. The maximum Gasteiger partial charge on any atom is 0.317 e. The third kappa shape index (κ3) is 1.95. The predicted molar refractivity (Wildman–Crippen MR) is 42.6 cm³/mol. The van der Waals surface area contributed by atoms with Gasteiger partial charge in [0.05, 0.1) is 7.11 Å². The van der Waals surface area contributed by atoms with Crippen molar-refractivity contribution in [1.29, 1.82) is 0 Å². The maximum absolute atomic E-state index is 11.2. The Kier molecular flexibility index (Phi) is 3.05. The summed E-state index contributed by atoms with van der Waals surface area (Å²) in [6.45, 7) is 0.765. The zero-order chi connectivity index (χ0) is 9.14. The van der Waals surface area contributed by atoms with Gasteiger partial charge in [-0.1, -0.05) is 0 Å². The van der Waals surface area contributed by atoms with E-state index in [2.05, 4.69) is 4.74 Å². The highest BCUT2D eigenvalue weighted by molar-refractivity contribution is 6.14. The van der Waals surface area contributed by atoms with Crippen molar-refractivity contribution < 1.29 is 14.3 Å². The lowest BCUT2D eigenvalue weighted by atomic mass is 9.98. The number of nitrogens with zero attached hydrogens (tertiary/aromatic N) is 1. The van der Waals surface area contributed by atoms with E-state index in [0.717, 1.165) is 0 Å². The molecule has 1 fully saturated rings. The number of carbonyl (C=O) groups excluding carboxylic acids is 2. The van der Waals surface area contributed by atoms with Gasteiger partial charge >= 0.3 is 5.97 Å². The van der Waals surface area contributed by atoms with Crippen LogP contribution >= 0.6 is 11.8 Å². The Hall–Kier alpha value is -0.610. The van der Waals surface area contributed by atoms with Gasteiger partial charge in [-0.3, -0.25) is 9.59 Å². The van der Waals surface area contributed by atoms with Crippen molar-refractivity contribution in [2.75, 3.05) is 20.2 Å². The van der Waals surface area contributed by atoms with E-state index < -0.39 is 11.9 Å². The molecule has 0 aliphatic carbocycles. The fourth-order valence-electron chi connectivity index (χ4n) is 1.15. The van der Waals surface area contributed by atoms with Crippen LogP contribution in [0.1, 0.15) is 6.42 Å². The van der Waals surface area contributed by atoms with Crippen molar-refractivity contribution in [3.63, 3.8) is 0 Å². The third-order valence-electron chi connectivity index (χ3n) is 1.86. The second-order valence-electron chi connectivity index (χ2n) is 2.66. The van der Waals surface area contributed by atoms with Crippen LogP contribution in [0.15, 0.2) is 0 Å². The van der Waals surface area contributed by atoms with Crippen LogP contribution in [-0.4, -0.2) is 36.4 Å². The first-order valence-electron chi connectivity index (χ1n) is 3.66. The Morgan fingerprint density at radius 3 is 3.00 bits per heavy atom. The monoisotopic (exact) mass is 191 g/mol. The minimum absolute atomic E-state index is 0.0845. The predicted octanol–water partition coefficient (Wildman–Crippen LogP) is 0.204. The molecule has 0 radical (unpaired) electrons. The number of hydrogen-bond acceptors (Lipinski definition) is 4. The molecule has 1 atom stereocenters. The molecular weight excluding hydrogens is 182 g/mol. The Labute approximate surface area is 75.5 Å². The summed E-state index contributed by atoms with van der Waals surface area (Å²) in [5.74, 6) is -1.27. The summed E-state index contributed by atoms with van der Waals surface area (Å²) in [4.78, 5) is 22.1. The van der Waals surface area contributed by atoms with E-state index in [9.17, 15) is 9.59 Å². The van der Waals surface area contributed by atoms with E-state index in [1.54, 1.807) is 0 Å². The second-order valence-corrected chi connectivity index (χ2v) is 3.14. The van der Waals surface area contributed by atoms with Crippen molar-refractivity contribution >= 4 is 23.5 Å². The van der Waals surface area contributed by atoms with Gasteiger partial charge in [0.15, 0.2) is 0 Å². The summed E-state index contributed by atoms with van der Waals surface area (Å²) >= 11 is 5.65. The maximum atomic E-state index is 11.2. The van der Waals surface area contributed by atoms with Crippen LogP contribution < -0.4 is 0 Å². The first-order valence-corrected chi connectivity index (χ1v) is 4.00. The highest BCUT2D eigenvalue weighted by atomic mass is 35.5. The molecule has 1 saturated heterocycles. The smallest absolute Gasteiger partial charge is 0.317 e. The topological polar surface area (TPSA) is 46.6 Å². The number of rotatable bonds is 1. The van der Waals surface area contributed by atoms with Crippen LogP contribution in [0.2, 0.25) is 0 Å². The van der Waals surface area contributed by atoms with E-state index in [1.807, 2.05) is 0 Å². The molecule has 0 amide bonds. The van der Waals surface area contributed by atoms with Crippen molar-refractivity contribution in [3.05, 3.63) is 0 Å². The molecule has 5 heteroatoms. The molecule has 0 aromatic carbocycles. The molecular formula is C7H10ClNO3. The minimum atomic E-state index is -0.693. The molecule has 12 heavy (non-hydrogen) atoms. The first-order chi connectivity index (χ1) is 5.65. The number of Topliss-reactive ketones (excluding diaryl/α,β-unsaturated/α-hetero) is 1. The van der Waals surface area contributed by atoms with Gasteiger partial charge in [0.2, 0.25) is 0 Å². The number of methoxy groups -OCH3 is 1. The summed E-state index contributed by atoms with van der Waals surface area (Å²) in [5, 5.41) is 0. The quantitative estimate of drug-likeness (QED) is 0.338. The zero-order valence-corrected chi connectivity index (χ0v) is 7.50. The molecule has 1 heterocycles. The molecule has 4 nitrogen and oxygen atoms in total. The van der Waals surface area contributed by atoms with Gasteiger partial charge < -0.3 is 4.74 Å². The first kappa shape index (κ1) is 9.48. The molecule has 1 unspecified atom stereocenters. The molecule has 0 aromatic heterocycles. The average Bonchev–Trinajstić information content (AvgIpc) is 2.08. The molecule has 1 aliphatic heterocycles. The molecule has 0 aromatic rings. The van der Waals surface area contributed by atoms with Crippen LogP contribution in [0.5, 0.6) is 0 Å². The van der Waals surface area contributed by atoms with Gasteiger partial charge in [0, 0.05) is 19.5 Å². The minimum Gasteiger partial charge on any atom is -0.468 e. The largest absolute Gasteiger partial charge is 0.468 e. The van der Waals surface area contributed by atoms with Crippen molar-refractivity contribution in [2.45, 2.75) is 6.42 Å². The Bertz CT molecular complexity index is 199. The summed E-state index contributed by atoms with van der Waals surface area (Å²) in [5.41, 5.74) is 0. The number of esters is 1. The molecule has 0 spiro atoms. The van der Waals surface area contributed by atoms with Gasteiger partial charge in [-0.25, -0.2) is 4.42 Å². The lowest BCUT2D eigenvalue weighted by Crippen LogP contribution is -2.40. The fraction of sp³-hybridized carbons (Fsp3) is 0.714. The van der Waals surface area contributed by atoms with E-state index in [-0.39, 0.29) is 12.3 Å². The van der Waals surface area contributed by atoms with Crippen LogP contribution in [0.3, 0.4) is 0 Å². The van der Waals surface area contributed by atoms with Crippen molar-refractivity contribution in [3.8, 4) is 0 Å². The van der Waals surface area contributed by atoms with Gasteiger partial charge in [-0.05, 0) is 11.8 Å². The van der Waals surface area contributed by atoms with Crippen molar-refractivity contribution in [1.82, 2.24) is 4.42 Å². The van der Waals surface area contributed by atoms with Crippen LogP contribution in [0, 0.1) is 5.92 Å². The fourth-order valence-corrected chi connectivity index (χ4v) is 1.37. The summed E-state index contributed by atoms with van der Waals surface area (Å²) in [6, 6.07) is 0. The van der Waals surface area contributed by atoms with E-state index in [4.69, 9.17) is 11.8 Å². The Morgan fingerprint density at radius 2 is 2.42 bits per heavy atom.